The van der Waals surface area contributed by atoms with Crippen LogP contribution in [0, 0.1) is 0 Å². The van der Waals surface area contributed by atoms with Crippen LogP contribution >= 0.6 is 11.8 Å². The van der Waals surface area contributed by atoms with E-state index in [1.165, 1.54) is 0 Å². The first kappa shape index (κ1) is 6.68. The molecule has 0 saturated heterocycles. The van der Waals surface area contributed by atoms with Gasteiger partial charge in [0, 0.05) is 12.1 Å². The maximum absolute atomic E-state index is 5.47. The van der Waals surface area contributed by atoms with Gasteiger partial charge in [-0.25, -0.2) is 4.99 Å². The predicted molar refractivity (Wildman–Crippen MR) is 42.7 cm³/mol. The molecular formula is C6H10N2S. The molecule has 50 valence electrons. The molecule has 1 heterocycles. The summed E-state index contributed by atoms with van der Waals surface area (Å²) in [5.41, 5.74) is 6.38. The molecule has 0 aromatic rings. The van der Waals surface area contributed by atoms with Crippen LogP contribution in [0.3, 0.4) is 0 Å². The second kappa shape index (κ2) is 2.43. The third-order valence-electron chi connectivity index (χ3n) is 1.34. The van der Waals surface area contributed by atoms with Gasteiger partial charge in [-0.3, -0.25) is 0 Å². The lowest BCUT2D eigenvalue weighted by Gasteiger charge is -2.02. The predicted octanol–water partition coefficient (Wildman–Crippen LogP) is 0.993. The van der Waals surface area contributed by atoms with Crippen molar-refractivity contribution in [3.63, 3.8) is 0 Å². The van der Waals surface area contributed by atoms with Crippen LogP contribution < -0.4 is 5.73 Å². The highest BCUT2D eigenvalue weighted by Gasteiger charge is 2.18. The summed E-state index contributed by atoms with van der Waals surface area (Å²) in [5, 5.41) is 0.435. The quantitative estimate of drug-likeness (QED) is 0.593. The molecular weight excluding hydrogens is 132 g/mol. The molecule has 2 nitrogen and oxygen atoms in total. The summed E-state index contributed by atoms with van der Waals surface area (Å²) in [7, 11) is 0. The van der Waals surface area contributed by atoms with E-state index < -0.39 is 0 Å². The van der Waals surface area contributed by atoms with Gasteiger partial charge in [0.05, 0.1) is 5.25 Å². The van der Waals surface area contributed by atoms with Gasteiger partial charge in [0.25, 0.3) is 0 Å². The SMILES string of the molecule is C=C1N=C(N)CC1SC. The Bertz CT molecular complexity index is 162. The standard InChI is InChI=1S/C6H10N2S/c1-4-5(9-2)3-6(7)8-4/h5H,1,3H2,2H3,(H2,7,8). The molecule has 1 unspecified atom stereocenters. The number of rotatable bonds is 1. The van der Waals surface area contributed by atoms with E-state index in [1.807, 2.05) is 6.26 Å². The largest absolute Gasteiger partial charge is 0.387 e. The zero-order chi connectivity index (χ0) is 6.85. The summed E-state index contributed by atoms with van der Waals surface area (Å²) >= 11 is 1.75. The van der Waals surface area contributed by atoms with Crippen molar-refractivity contribution in [3.05, 3.63) is 12.3 Å². The zero-order valence-electron chi connectivity index (χ0n) is 5.42. The molecule has 1 aliphatic heterocycles. The van der Waals surface area contributed by atoms with Crippen LogP contribution in [0.4, 0.5) is 0 Å². The van der Waals surface area contributed by atoms with E-state index in [9.17, 15) is 0 Å². The minimum Gasteiger partial charge on any atom is -0.387 e. The van der Waals surface area contributed by atoms with Gasteiger partial charge in [-0.1, -0.05) is 6.58 Å². The van der Waals surface area contributed by atoms with E-state index in [1.54, 1.807) is 11.8 Å². The van der Waals surface area contributed by atoms with Gasteiger partial charge in [-0.15, -0.1) is 0 Å². The van der Waals surface area contributed by atoms with Crippen molar-refractivity contribution in [1.82, 2.24) is 0 Å². The molecule has 2 N–H and O–H groups in total. The minimum atomic E-state index is 0.435. The maximum Gasteiger partial charge on any atom is 0.101 e. The number of nitrogens with two attached hydrogens (primary N) is 1. The van der Waals surface area contributed by atoms with E-state index in [4.69, 9.17) is 5.73 Å². The molecule has 0 aromatic carbocycles. The third kappa shape index (κ3) is 1.27. The van der Waals surface area contributed by atoms with E-state index in [0.717, 1.165) is 18.0 Å². The van der Waals surface area contributed by atoms with Crippen molar-refractivity contribution in [1.29, 1.82) is 0 Å². The van der Waals surface area contributed by atoms with Gasteiger partial charge < -0.3 is 5.73 Å². The molecule has 1 atom stereocenters. The fourth-order valence-electron chi connectivity index (χ4n) is 0.829. The second-order valence-corrected chi connectivity index (χ2v) is 3.06. The highest BCUT2D eigenvalue weighted by molar-refractivity contribution is 7.99. The van der Waals surface area contributed by atoms with Crippen LogP contribution in [-0.2, 0) is 0 Å². The van der Waals surface area contributed by atoms with Gasteiger partial charge in [-0.05, 0) is 6.26 Å². The smallest absolute Gasteiger partial charge is 0.101 e. The topological polar surface area (TPSA) is 38.4 Å². The Labute approximate surface area is 59.2 Å². The van der Waals surface area contributed by atoms with Gasteiger partial charge >= 0.3 is 0 Å². The average molecular weight is 142 g/mol. The average Bonchev–Trinajstić information content (AvgIpc) is 2.10. The molecule has 0 bridgehead atoms. The molecule has 0 amide bonds. The fourth-order valence-corrected chi connectivity index (χ4v) is 1.49. The maximum atomic E-state index is 5.47. The van der Waals surface area contributed by atoms with E-state index in [2.05, 4.69) is 11.6 Å². The molecule has 0 fully saturated rings. The highest BCUT2D eigenvalue weighted by Crippen LogP contribution is 2.24. The Balaban J connectivity index is 2.60. The van der Waals surface area contributed by atoms with Crippen LogP contribution in [-0.4, -0.2) is 17.3 Å². The van der Waals surface area contributed by atoms with Crippen LogP contribution in [0.25, 0.3) is 0 Å². The summed E-state index contributed by atoms with van der Waals surface area (Å²) in [6, 6.07) is 0. The van der Waals surface area contributed by atoms with E-state index in [-0.39, 0.29) is 0 Å². The van der Waals surface area contributed by atoms with Crippen molar-refractivity contribution in [2.75, 3.05) is 6.26 Å². The van der Waals surface area contributed by atoms with Crippen molar-refractivity contribution in [3.8, 4) is 0 Å². The lowest BCUT2D eigenvalue weighted by molar-refractivity contribution is 1.10. The minimum absolute atomic E-state index is 0.435. The highest BCUT2D eigenvalue weighted by atomic mass is 32.2. The molecule has 0 spiro atoms. The molecule has 0 aromatic heterocycles. The summed E-state index contributed by atoms with van der Waals surface area (Å²) in [6.45, 7) is 3.77. The molecule has 0 saturated carbocycles. The number of hydrogen-bond acceptors (Lipinski definition) is 3. The van der Waals surface area contributed by atoms with Crippen LogP contribution in [0.5, 0.6) is 0 Å². The summed E-state index contributed by atoms with van der Waals surface area (Å²) in [5.74, 6) is 0.722. The van der Waals surface area contributed by atoms with Crippen molar-refractivity contribution < 1.29 is 0 Å². The zero-order valence-corrected chi connectivity index (χ0v) is 6.24. The van der Waals surface area contributed by atoms with Crippen molar-refractivity contribution in [2.24, 2.45) is 10.7 Å². The Morgan fingerprint density at radius 3 is 2.78 bits per heavy atom. The van der Waals surface area contributed by atoms with Gasteiger partial charge in [-0.2, -0.15) is 11.8 Å². The first-order valence-electron chi connectivity index (χ1n) is 2.78. The normalized spacial score (nSPS) is 26.6. The number of nitrogens with zero attached hydrogens (tertiary/aromatic N) is 1. The van der Waals surface area contributed by atoms with Crippen LogP contribution in [0.15, 0.2) is 17.3 Å². The van der Waals surface area contributed by atoms with Gasteiger partial charge in [0.1, 0.15) is 5.84 Å². The summed E-state index contributed by atoms with van der Waals surface area (Å²) in [6.07, 6.45) is 2.92. The van der Waals surface area contributed by atoms with E-state index >= 15 is 0 Å². The number of amidine groups is 1. The first-order chi connectivity index (χ1) is 4.24. The summed E-state index contributed by atoms with van der Waals surface area (Å²) < 4.78 is 0. The number of thioether (sulfide) groups is 1. The van der Waals surface area contributed by atoms with Gasteiger partial charge in [0.2, 0.25) is 0 Å². The van der Waals surface area contributed by atoms with Gasteiger partial charge in [0.15, 0.2) is 0 Å². The Hall–Kier alpha value is -0.440. The lowest BCUT2D eigenvalue weighted by Crippen LogP contribution is -2.10. The lowest BCUT2D eigenvalue weighted by atomic mass is 10.3. The van der Waals surface area contributed by atoms with Crippen molar-refractivity contribution >= 4 is 17.6 Å². The number of aliphatic imine (C=N–C) groups is 1. The fraction of sp³-hybridized carbons (Fsp3) is 0.500. The van der Waals surface area contributed by atoms with E-state index in [0.29, 0.717) is 5.25 Å². The molecule has 0 radical (unpaired) electrons. The van der Waals surface area contributed by atoms with Crippen LogP contribution in [0.1, 0.15) is 6.42 Å². The Morgan fingerprint density at radius 2 is 2.56 bits per heavy atom. The third-order valence-corrected chi connectivity index (χ3v) is 2.35. The number of hydrogen-bond donors (Lipinski definition) is 1. The first-order valence-corrected chi connectivity index (χ1v) is 4.07. The summed E-state index contributed by atoms with van der Waals surface area (Å²) in [4.78, 5) is 4.02. The molecule has 1 rings (SSSR count). The monoisotopic (exact) mass is 142 g/mol. The Kier molecular flexibility index (Phi) is 1.81. The van der Waals surface area contributed by atoms with Crippen molar-refractivity contribution in [2.45, 2.75) is 11.7 Å². The Morgan fingerprint density at radius 1 is 1.89 bits per heavy atom. The molecule has 3 heteroatoms. The second-order valence-electron chi connectivity index (χ2n) is 2.02. The van der Waals surface area contributed by atoms with Crippen LogP contribution in [0.2, 0.25) is 0 Å². The molecule has 9 heavy (non-hydrogen) atoms. The molecule has 1 aliphatic rings. The molecule has 0 aliphatic carbocycles.